The van der Waals surface area contributed by atoms with Crippen LogP contribution in [0.5, 0.6) is 17.2 Å². The molecule has 0 heterocycles. The highest BCUT2D eigenvalue weighted by Gasteiger charge is 2.24. The number of nitrogens with zero attached hydrogens (tertiary/aromatic N) is 1. The second kappa shape index (κ2) is 10.6. The lowest BCUT2D eigenvalue weighted by Crippen LogP contribution is -2.36. The zero-order valence-electron chi connectivity index (χ0n) is 19.3. The van der Waals surface area contributed by atoms with Crippen LogP contribution in [0, 0.1) is 5.82 Å². The molecule has 0 aliphatic rings. The molecule has 1 amide bonds. The van der Waals surface area contributed by atoms with E-state index in [9.17, 15) is 17.6 Å². The lowest BCUT2D eigenvalue weighted by molar-refractivity contribution is 0.0685. The van der Waals surface area contributed by atoms with Crippen molar-refractivity contribution in [2.75, 3.05) is 14.2 Å². The minimum Gasteiger partial charge on any atom is -0.497 e. The van der Waals surface area contributed by atoms with Gasteiger partial charge >= 0.3 is 10.1 Å². The van der Waals surface area contributed by atoms with Gasteiger partial charge in [-0.3, -0.25) is 4.79 Å². The molecule has 0 unspecified atom stereocenters. The van der Waals surface area contributed by atoms with Crippen LogP contribution in [0.2, 0.25) is 0 Å². The number of methoxy groups -OCH3 is 2. The van der Waals surface area contributed by atoms with Crippen LogP contribution in [0.4, 0.5) is 4.39 Å². The number of hydrogen-bond donors (Lipinski definition) is 0. The number of hydrogen-bond acceptors (Lipinski definition) is 6. The molecule has 0 atom stereocenters. The lowest BCUT2D eigenvalue weighted by atomic mass is 10.1. The van der Waals surface area contributed by atoms with Crippen molar-refractivity contribution < 1.29 is 31.3 Å². The minimum atomic E-state index is -4.16. The first-order valence-corrected chi connectivity index (χ1v) is 11.9. The van der Waals surface area contributed by atoms with Gasteiger partial charge in [0.05, 0.1) is 19.8 Å². The molecule has 180 valence electrons. The Morgan fingerprint density at radius 2 is 1.62 bits per heavy atom. The van der Waals surface area contributed by atoms with Gasteiger partial charge in [-0.05, 0) is 67.9 Å². The van der Waals surface area contributed by atoms with Crippen molar-refractivity contribution in [1.82, 2.24) is 4.90 Å². The summed E-state index contributed by atoms with van der Waals surface area (Å²) in [5.41, 5.74) is 0.544. The first-order chi connectivity index (χ1) is 16.2. The highest BCUT2D eigenvalue weighted by molar-refractivity contribution is 7.87. The molecule has 0 aliphatic carbocycles. The summed E-state index contributed by atoms with van der Waals surface area (Å²) in [6.07, 6.45) is 0. The van der Waals surface area contributed by atoms with Crippen molar-refractivity contribution in [2.45, 2.75) is 31.3 Å². The largest absolute Gasteiger partial charge is 0.497 e. The molecular formula is C25H26FNO6S. The average molecular weight is 488 g/mol. The van der Waals surface area contributed by atoms with E-state index in [-0.39, 0.29) is 34.5 Å². The van der Waals surface area contributed by atoms with E-state index in [1.54, 1.807) is 18.2 Å². The molecule has 0 aliphatic heterocycles. The first-order valence-electron chi connectivity index (χ1n) is 10.5. The normalized spacial score (nSPS) is 11.2. The second-order valence-electron chi connectivity index (χ2n) is 7.70. The highest BCUT2D eigenvalue weighted by Crippen LogP contribution is 2.32. The van der Waals surface area contributed by atoms with E-state index in [0.717, 1.165) is 0 Å². The molecule has 3 rings (SSSR count). The second-order valence-corrected chi connectivity index (χ2v) is 9.25. The summed E-state index contributed by atoms with van der Waals surface area (Å²) < 4.78 is 55.5. The lowest BCUT2D eigenvalue weighted by Gasteiger charge is -2.27. The Morgan fingerprint density at radius 1 is 0.941 bits per heavy atom. The van der Waals surface area contributed by atoms with E-state index in [2.05, 4.69) is 0 Å². The fourth-order valence-electron chi connectivity index (χ4n) is 3.27. The maximum absolute atomic E-state index is 14.2. The molecule has 0 spiro atoms. The summed E-state index contributed by atoms with van der Waals surface area (Å²) in [6.45, 7) is 3.73. The number of halogens is 1. The summed E-state index contributed by atoms with van der Waals surface area (Å²) in [7, 11) is -1.29. The van der Waals surface area contributed by atoms with Crippen LogP contribution in [-0.2, 0) is 16.7 Å². The van der Waals surface area contributed by atoms with Crippen molar-refractivity contribution in [3.63, 3.8) is 0 Å². The Hall–Kier alpha value is -3.59. The molecule has 0 saturated heterocycles. The van der Waals surface area contributed by atoms with Gasteiger partial charge in [0, 0.05) is 12.6 Å². The number of benzene rings is 3. The predicted molar refractivity (Wildman–Crippen MR) is 125 cm³/mol. The third-order valence-corrected chi connectivity index (χ3v) is 6.37. The zero-order chi connectivity index (χ0) is 24.9. The molecule has 0 bridgehead atoms. The highest BCUT2D eigenvalue weighted by atomic mass is 32.2. The van der Waals surface area contributed by atoms with Gasteiger partial charge < -0.3 is 18.6 Å². The fraction of sp³-hybridized carbons (Fsp3) is 0.240. The van der Waals surface area contributed by atoms with Crippen molar-refractivity contribution >= 4 is 16.0 Å². The summed E-state index contributed by atoms with van der Waals surface area (Å²) in [5.74, 6) is -0.401. The van der Waals surface area contributed by atoms with Gasteiger partial charge in [-0.2, -0.15) is 8.42 Å². The quantitative estimate of drug-likeness (QED) is 0.408. The van der Waals surface area contributed by atoms with E-state index in [1.807, 2.05) is 13.8 Å². The smallest absolute Gasteiger partial charge is 0.339 e. The third-order valence-electron chi connectivity index (χ3n) is 5.12. The van der Waals surface area contributed by atoms with Crippen LogP contribution in [0.3, 0.4) is 0 Å². The van der Waals surface area contributed by atoms with Gasteiger partial charge in [-0.1, -0.05) is 18.2 Å². The first kappa shape index (κ1) is 25.0. The standard InChI is InChI=1S/C25H26FNO6S/c1-17(2)27(25(28)21-7-5-6-8-22(21)26)16-18-9-14-23(32-4)24(15-18)33-34(29,30)20-12-10-19(31-3)11-13-20/h5-15,17H,16H2,1-4H3. The van der Waals surface area contributed by atoms with E-state index in [1.165, 1.54) is 67.7 Å². The molecule has 0 N–H and O–H groups in total. The van der Waals surface area contributed by atoms with Crippen molar-refractivity contribution in [2.24, 2.45) is 0 Å². The van der Waals surface area contributed by atoms with E-state index < -0.39 is 21.8 Å². The SMILES string of the molecule is COc1ccc(S(=O)(=O)Oc2cc(CN(C(=O)c3ccccc3F)C(C)C)ccc2OC)cc1. The van der Waals surface area contributed by atoms with Crippen molar-refractivity contribution in [3.05, 3.63) is 83.7 Å². The number of carbonyl (C=O) groups is 1. The summed E-state index contributed by atoms with van der Waals surface area (Å²) >= 11 is 0. The molecule has 3 aromatic carbocycles. The number of carbonyl (C=O) groups excluding carboxylic acids is 1. The van der Waals surface area contributed by atoms with Crippen LogP contribution in [-0.4, -0.2) is 39.5 Å². The number of amides is 1. The topological polar surface area (TPSA) is 82.1 Å². The monoisotopic (exact) mass is 487 g/mol. The Labute approximate surface area is 198 Å². The van der Waals surface area contributed by atoms with Gasteiger partial charge in [0.25, 0.3) is 5.91 Å². The van der Waals surface area contributed by atoms with E-state index >= 15 is 0 Å². The third kappa shape index (κ3) is 5.66. The van der Waals surface area contributed by atoms with Gasteiger partial charge in [-0.15, -0.1) is 0 Å². The Morgan fingerprint density at radius 3 is 2.21 bits per heavy atom. The van der Waals surface area contributed by atoms with Crippen molar-refractivity contribution in [1.29, 1.82) is 0 Å². The van der Waals surface area contributed by atoms with Crippen LogP contribution >= 0.6 is 0 Å². The average Bonchev–Trinajstić information content (AvgIpc) is 2.82. The summed E-state index contributed by atoms with van der Waals surface area (Å²) in [6, 6.07) is 16.0. The molecule has 0 fully saturated rings. The minimum absolute atomic E-state index is 0.0298. The molecule has 34 heavy (non-hydrogen) atoms. The Kier molecular flexibility index (Phi) is 7.78. The predicted octanol–water partition coefficient (Wildman–Crippen LogP) is 4.66. The Bertz CT molecular complexity index is 1260. The fourth-order valence-corrected chi connectivity index (χ4v) is 4.20. The van der Waals surface area contributed by atoms with Crippen LogP contribution in [0.1, 0.15) is 29.8 Å². The maximum atomic E-state index is 14.2. The number of ether oxygens (including phenoxy) is 2. The van der Waals surface area contributed by atoms with Crippen molar-refractivity contribution in [3.8, 4) is 17.2 Å². The summed E-state index contributed by atoms with van der Waals surface area (Å²) in [4.78, 5) is 14.4. The number of rotatable bonds is 9. The van der Waals surface area contributed by atoms with Gasteiger partial charge in [0.15, 0.2) is 11.5 Å². The Balaban J connectivity index is 1.90. The van der Waals surface area contributed by atoms with Crippen LogP contribution in [0.15, 0.2) is 71.6 Å². The molecule has 3 aromatic rings. The molecule has 7 nitrogen and oxygen atoms in total. The molecule has 0 aromatic heterocycles. The van der Waals surface area contributed by atoms with E-state index in [4.69, 9.17) is 13.7 Å². The molecule has 9 heteroatoms. The maximum Gasteiger partial charge on any atom is 0.339 e. The molecule has 0 radical (unpaired) electrons. The van der Waals surface area contributed by atoms with E-state index in [0.29, 0.717) is 11.3 Å². The van der Waals surface area contributed by atoms with Gasteiger partial charge in [0.1, 0.15) is 16.5 Å². The molecular weight excluding hydrogens is 461 g/mol. The van der Waals surface area contributed by atoms with Crippen LogP contribution in [0.25, 0.3) is 0 Å². The van der Waals surface area contributed by atoms with Gasteiger partial charge in [0.2, 0.25) is 0 Å². The molecule has 0 saturated carbocycles. The zero-order valence-corrected chi connectivity index (χ0v) is 20.1. The van der Waals surface area contributed by atoms with Gasteiger partial charge in [-0.25, -0.2) is 4.39 Å². The summed E-state index contributed by atoms with van der Waals surface area (Å²) in [5, 5.41) is 0. The van der Waals surface area contributed by atoms with Crippen LogP contribution < -0.4 is 13.7 Å².